The van der Waals surface area contributed by atoms with Gasteiger partial charge in [-0.05, 0) is 6.07 Å². The number of benzene rings is 4. The first-order chi connectivity index (χ1) is 18.2. The standard InChI is InChI=1S/C31H20ClN5/c32-27-20-26(33-28(34-27)21-11-4-1-5-12-21)24-17-10-18-25(19-24)31-36-29(22-13-6-2-7-14-22)35-30(37-31)23-15-8-3-9-16-23/h1-20H. The number of rotatable bonds is 5. The summed E-state index contributed by atoms with van der Waals surface area (Å²) >= 11 is 6.40. The van der Waals surface area contributed by atoms with Crippen LogP contribution in [-0.2, 0) is 0 Å². The zero-order valence-electron chi connectivity index (χ0n) is 19.7. The molecular weight excluding hydrogens is 478 g/mol. The van der Waals surface area contributed by atoms with E-state index in [2.05, 4.69) is 4.98 Å². The van der Waals surface area contributed by atoms with E-state index in [0.717, 1.165) is 33.5 Å². The molecule has 0 N–H and O–H groups in total. The molecule has 6 rings (SSSR count). The normalized spacial score (nSPS) is 10.8. The SMILES string of the molecule is Clc1cc(-c2cccc(-c3nc(-c4ccccc4)nc(-c4ccccc4)n3)c2)nc(-c2ccccc2)n1. The van der Waals surface area contributed by atoms with Crippen molar-refractivity contribution in [3.63, 3.8) is 0 Å². The Bertz CT molecular complexity index is 1620. The first-order valence-electron chi connectivity index (χ1n) is 11.8. The van der Waals surface area contributed by atoms with Gasteiger partial charge in [-0.2, -0.15) is 0 Å². The van der Waals surface area contributed by atoms with Gasteiger partial charge in [-0.25, -0.2) is 24.9 Å². The van der Waals surface area contributed by atoms with Crippen molar-refractivity contribution in [2.45, 2.75) is 0 Å². The Kier molecular flexibility index (Phi) is 6.19. The van der Waals surface area contributed by atoms with E-state index in [9.17, 15) is 0 Å². The zero-order valence-corrected chi connectivity index (χ0v) is 20.4. The molecule has 0 aliphatic carbocycles. The molecule has 0 aliphatic heterocycles. The fourth-order valence-corrected chi connectivity index (χ4v) is 4.22. The first-order valence-corrected chi connectivity index (χ1v) is 12.2. The molecule has 0 saturated carbocycles. The van der Waals surface area contributed by atoms with E-state index < -0.39 is 0 Å². The van der Waals surface area contributed by atoms with E-state index in [1.54, 1.807) is 6.07 Å². The van der Waals surface area contributed by atoms with Crippen LogP contribution in [0.4, 0.5) is 0 Å². The molecule has 0 spiro atoms. The largest absolute Gasteiger partial charge is 0.228 e. The third kappa shape index (κ3) is 4.99. The number of nitrogens with zero attached hydrogens (tertiary/aromatic N) is 5. The number of hydrogen-bond donors (Lipinski definition) is 0. The molecule has 2 heterocycles. The Morgan fingerprint density at radius 1 is 0.351 bits per heavy atom. The van der Waals surface area contributed by atoms with Crippen molar-refractivity contribution in [2.24, 2.45) is 0 Å². The van der Waals surface area contributed by atoms with Crippen LogP contribution in [0.15, 0.2) is 121 Å². The molecule has 0 radical (unpaired) electrons. The monoisotopic (exact) mass is 497 g/mol. The summed E-state index contributed by atoms with van der Waals surface area (Å²) in [4.78, 5) is 23.7. The highest BCUT2D eigenvalue weighted by molar-refractivity contribution is 6.29. The van der Waals surface area contributed by atoms with Gasteiger partial charge in [0.2, 0.25) is 0 Å². The van der Waals surface area contributed by atoms with Crippen LogP contribution >= 0.6 is 11.6 Å². The van der Waals surface area contributed by atoms with Gasteiger partial charge in [-0.1, -0.05) is 121 Å². The van der Waals surface area contributed by atoms with Gasteiger partial charge in [0.05, 0.1) is 5.69 Å². The van der Waals surface area contributed by atoms with Crippen LogP contribution < -0.4 is 0 Å². The van der Waals surface area contributed by atoms with Crippen molar-refractivity contribution in [3.05, 3.63) is 126 Å². The lowest BCUT2D eigenvalue weighted by atomic mass is 10.1. The molecule has 0 saturated heterocycles. The van der Waals surface area contributed by atoms with E-state index in [1.165, 1.54) is 0 Å². The van der Waals surface area contributed by atoms with E-state index in [-0.39, 0.29) is 0 Å². The zero-order chi connectivity index (χ0) is 25.0. The summed E-state index contributed by atoms with van der Waals surface area (Å²) in [7, 11) is 0. The molecule has 6 heteroatoms. The highest BCUT2D eigenvalue weighted by Crippen LogP contribution is 2.29. The summed E-state index contributed by atoms with van der Waals surface area (Å²) in [6, 6.07) is 39.4. The van der Waals surface area contributed by atoms with Gasteiger partial charge in [-0.15, -0.1) is 0 Å². The topological polar surface area (TPSA) is 64.5 Å². The Morgan fingerprint density at radius 3 is 1.27 bits per heavy atom. The van der Waals surface area contributed by atoms with E-state index in [1.807, 2.05) is 115 Å². The van der Waals surface area contributed by atoms with Crippen molar-refractivity contribution in [3.8, 4) is 56.8 Å². The van der Waals surface area contributed by atoms with Crippen LogP contribution in [0.1, 0.15) is 0 Å². The maximum atomic E-state index is 6.40. The number of halogens is 1. The van der Waals surface area contributed by atoms with Gasteiger partial charge < -0.3 is 0 Å². The van der Waals surface area contributed by atoms with E-state index in [4.69, 9.17) is 31.5 Å². The molecule has 0 aliphatic rings. The Balaban J connectivity index is 1.47. The second kappa shape index (κ2) is 10.1. The average molecular weight is 498 g/mol. The molecule has 2 aromatic heterocycles. The fourth-order valence-electron chi connectivity index (χ4n) is 4.04. The molecule has 37 heavy (non-hydrogen) atoms. The summed E-state index contributed by atoms with van der Waals surface area (Å²) in [5.74, 6) is 2.39. The Morgan fingerprint density at radius 2 is 0.757 bits per heavy atom. The van der Waals surface area contributed by atoms with Crippen molar-refractivity contribution in [1.29, 1.82) is 0 Å². The second-order valence-electron chi connectivity index (χ2n) is 8.38. The van der Waals surface area contributed by atoms with Gasteiger partial charge in [0.15, 0.2) is 23.3 Å². The minimum Gasteiger partial charge on any atom is -0.228 e. The third-order valence-electron chi connectivity index (χ3n) is 5.84. The van der Waals surface area contributed by atoms with Crippen LogP contribution in [0.3, 0.4) is 0 Å². The van der Waals surface area contributed by atoms with Crippen molar-refractivity contribution < 1.29 is 0 Å². The lowest BCUT2D eigenvalue weighted by Gasteiger charge is -2.10. The lowest BCUT2D eigenvalue weighted by Crippen LogP contribution is -2.00. The summed E-state index contributed by atoms with van der Waals surface area (Å²) in [6.45, 7) is 0. The first kappa shape index (κ1) is 22.7. The van der Waals surface area contributed by atoms with Gasteiger partial charge in [-0.3, -0.25) is 0 Å². The quantitative estimate of drug-likeness (QED) is 0.229. The van der Waals surface area contributed by atoms with Gasteiger partial charge >= 0.3 is 0 Å². The van der Waals surface area contributed by atoms with Crippen molar-refractivity contribution in [2.75, 3.05) is 0 Å². The molecule has 0 bridgehead atoms. The highest BCUT2D eigenvalue weighted by atomic mass is 35.5. The van der Waals surface area contributed by atoms with E-state index in [0.29, 0.717) is 28.5 Å². The molecule has 0 fully saturated rings. The van der Waals surface area contributed by atoms with E-state index >= 15 is 0 Å². The average Bonchev–Trinajstić information content (AvgIpc) is 2.98. The second-order valence-corrected chi connectivity index (χ2v) is 8.77. The number of aromatic nitrogens is 5. The molecule has 0 amide bonds. The molecule has 6 aromatic rings. The highest BCUT2D eigenvalue weighted by Gasteiger charge is 2.14. The maximum Gasteiger partial charge on any atom is 0.164 e. The van der Waals surface area contributed by atoms with Crippen LogP contribution in [0.2, 0.25) is 5.15 Å². The number of hydrogen-bond acceptors (Lipinski definition) is 5. The summed E-state index contributed by atoms with van der Waals surface area (Å²) in [5.41, 5.74) is 5.22. The van der Waals surface area contributed by atoms with Gasteiger partial charge in [0.1, 0.15) is 5.15 Å². The smallest absolute Gasteiger partial charge is 0.164 e. The molecule has 4 aromatic carbocycles. The van der Waals surface area contributed by atoms with Gasteiger partial charge in [0.25, 0.3) is 0 Å². The van der Waals surface area contributed by atoms with Crippen LogP contribution in [0.5, 0.6) is 0 Å². The maximum absolute atomic E-state index is 6.40. The minimum absolute atomic E-state index is 0.382. The molecular formula is C31H20ClN5. The minimum atomic E-state index is 0.382. The summed E-state index contributed by atoms with van der Waals surface area (Å²) < 4.78 is 0. The lowest BCUT2D eigenvalue weighted by molar-refractivity contribution is 1.07. The molecule has 5 nitrogen and oxygen atoms in total. The Hall–Kier alpha value is -4.74. The van der Waals surface area contributed by atoms with Gasteiger partial charge in [0, 0.05) is 33.9 Å². The third-order valence-corrected chi connectivity index (χ3v) is 6.04. The predicted molar refractivity (Wildman–Crippen MR) is 148 cm³/mol. The fraction of sp³-hybridized carbons (Fsp3) is 0. The predicted octanol–water partition coefficient (Wildman–Crippen LogP) is 7.65. The van der Waals surface area contributed by atoms with Crippen LogP contribution in [0, 0.1) is 0 Å². The Labute approximate surface area is 219 Å². The molecule has 0 atom stereocenters. The van der Waals surface area contributed by atoms with Crippen molar-refractivity contribution >= 4 is 11.6 Å². The van der Waals surface area contributed by atoms with Crippen LogP contribution in [-0.4, -0.2) is 24.9 Å². The molecule has 0 unspecified atom stereocenters. The van der Waals surface area contributed by atoms with Crippen molar-refractivity contribution in [1.82, 2.24) is 24.9 Å². The molecule has 176 valence electrons. The summed E-state index contributed by atoms with van der Waals surface area (Å²) in [5, 5.41) is 0.382. The summed E-state index contributed by atoms with van der Waals surface area (Å²) in [6.07, 6.45) is 0. The van der Waals surface area contributed by atoms with Crippen LogP contribution in [0.25, 0.3) is 56.8 Å².